The number of carbonyl (C=O) groups excluding carboxylic acids is 1. The van der Waals surface area contributed by atoms with Gasteiger partial charge in [0.2, 0.25) is 0 Å². The Bertz CT molecular complexity index is 961. The predicted molar refractivity (Wildman–Crippen MR) is 123 cm³/mol. The Kier molecular flexibility index (Phi) is 7.53. The molecule has 12 heteroatoms. The van der Waals surface area contributed by atoms with Gasteiger partial charge in [0.1, 0.15) is 5.60 Å². The van der Waals surface area contributed by atoms with Crippen LogP contribution in [-0.2, 0) is 10.9 Å². The molecular formula is C23H31F3N4O5. The summed E-state index contributed by atoms with van der Waals surface area (Å²) in [6, 6.07) is 2.72. The van der Waals surface area contributed by atoms with Gasteiger partial charge in [0.15, 0.2) is 0 Å². The molecule has 35 heavy (non-hydrogen) atoms. The van der Waals surface area contributed by atoms with Crippen molar-refractivity contribution in [1.82, 2.24) is 9.80 Å². The molecule has 2 aliphatic rings. The highest BCUT2D eigenvalue weighted by atomic mass is 19.4. The summed E-state index contributed by atoms with van der Waals surface area (Å²) >= 11 is 0. The highest BCUT2D eigenvalue weighted by Crippen LogP contribution is 2.40. The second kappa shape index (κ2) is 9.92. The molecule has 0 spiro atoms. The number of hydrogen-bond donors (Lipinski definition) is 1. The SMILES string of the molecule is CC(C)(C)OC(=O)N1CCN(C=CC2(O)CCN(c3ccc([N+](=O)[O-])cc3C(F)(F)F)CC2)CC1. The highest BCUT2D eigenvalue weighted by Gasteiger charge is 2.39. The van der Waals surface area contributed by atoms with E-state index in [1.54, 1.807) is 37.9 Å². The van der Waals surface area contributed by atoms with Gasteiger partial charge in [-0.3, -0.25) is 10.1 Å². The number of nitrogens with zero attached hydrogens (tertiary/aromatic N) is 4. The third kappa shape index (κ3) is 7.00. The smallest absolute Gasteiger partial charge is 0.418 e. The molecule has 2 fully saturated rings. The fourth-order valence-electron chi connectivity index (χ4n) is 4.07. The summed E-state index contributed by atoms with van der Waals surface area (Å²) in [6.45, 7) is 7.83. The molecule has 2 saturated heterocycles. The fraction of sp³-hybridized carbons (Fsp3) is 0.609. The number of anilines is 1. The first-order valence-corrected chi connectivity index (χ1v) is 11.4. The van der Waals surface area contributed by atoms with E-state index in [4.69, 9.17) is 4.74 Å². The van der Waals surface area contributed by atoms with Crippen molar-refractivity contribution in [3.05, 3.63) is 46.2 Å². The van der Waals surface area contributed by atoms with Gasteiger partial charge in [-0.15, -0.1) is 0 Å². The highest BCUT2D eigenvalue weighted by molar-refractivity contribution is 5.68. The van der Waals surface area contributed by atoms with E-state index in [1.165, 1.54) is 4.90 Å². The molecule has 0 unspecified atom stereocenters. The maximum Gasteiger partial charge on any atom is 0.418 e. The van der Waals surface area contributed by atoms with Gasteiger partial charge in [0, 0.05) is 57.1 Å². The van der Waals surface area contributed by atoms with Crippen LogP contribution in [0.3, 0.4) is 0 Å². The number of rotatable bonds is 4. The molecule has 0 saturated carbocycles. The first-order chi connectivity index (χ1) is 16.2. The van der Waals surface area contributed by atoms with Gasteiger partial charge < -0.3 is 24.5 Å². The van der Waals surface area contributed by atoms with Crippen molar-refractivity contribution in [1.29, 1.82) is 0 Å². The Morgan fingerprint density at radius 1 is 1.11 bits per heavy atom. The summed E-state index contributed by atoms with van der Waals surface area (Å²) in [7, 11) is 0. The number of ether oxygens (including phenoxy) is 1. The monoisotopic (exact) mass is 500 g/mol. The Hall–Kier alpha value is -3.02. The number of nitro benzene ring substituents is 1. The number of benzene rings is 1. The largest absolute Gasteiger partial charge is 0.444 e. The molecule has 1 aromatic carbocycles. The van der Waals surface area contributed by atoms with Gasteiger partial charge in [-0.2, -0.15) is 13.2 Å². The minimum atomic E-state index is -4.74. The quantitative estimate of drug-likeness (QED) is 0.493. The molecule has 0 bridgehead atoms. The second-order valence-corrected chi connectivity index (χ2v) is 9.87. The second-order valence-electron chi connectivity index (χ2n) is 9.87. The lowest BCUT2D eigenvalue weighted by Crippen LogP contribution is -2.48. The molecule has 1 N–H and O–H groups in total. The van der Waals surface area contributed by atoms with Crippen LogP contribution < -0.4 is 4.90 Å². The van der Waals surface area contributed by atoms with E-state index in [1.807, 2.05) is 4.90 Å². The molecule has 0 aromatic heterocycles. The van der Waals surface area contributed by atoms with Crippen LogP contribution in [0, 0.1) is 10.1 Å². The Morgan fingerprint density at radius 2 is 1.71 bits per heavy atom. The number of amides is 1. The molecule has 194 valence electrons. The minimum absolute atomic E-state index is 0.132. The third-order valence-corrected chi connectivity index (χ3v) is 6.03. The molecule has 0 aliphatic carbocycles. The van der Waals surface area contributed by atoms with Crippen molar-refractivity contribution in [3.63, 3.8) is 0 Å². The standard InChI is InChI=1S/C23H31F3N4O5/c1-21(2,3)35-20(31)29-14-12-27(13-15-29)9-6-22(32)7-10-28(11-8-22)19-5-4-17(30(33)34)16-18(19)23(24,25)26/h4-6,9,16,32H,7-8,10-15H2,1-3H3. The van der Waals surface area contributed by atoms with Crippen LogP contribution in [0.25, 0.3) is 0 Å². The van der Waals surface area contributed by atoms with Crippen molar-refractivity contribution in [3.8, 4) is 0 Å². The van der Waals surface area contributed by atoms with Crippen LogP contribution in [0.2, 0.25) is 0 Å². The molecule has 0 radical (unpaired) electrons. The topological polar surface area (TPSA) is 99.4 Å². The summed E-state index contributed by atoms with van der Waals surface area (Å²) in [5.41, 5.74) is -3.56. The summed E-state index contributed by atoms with van der Waals surface area (Å²) in [5.74, 6) is 0. The van der Waals surface area contributed by atoms with Crippen LogP contribution in [0.5, 0.6) is 0 Å². The first kappa shape index (κ1) is 26.6. The van der Waals surface area contributed by atoms with Gasteiger partial charge in [0.25, 0.3) is 5.69 Å². The van der Waals surface area contributed by atoms with Crippen LogP contribution in [0.15, 0.2) is 30.5 Å². The number of piperidine rings is 1. The number of hydrogen-bond acceptors (Lipinski definition) is 7. The average Bonchev–Trinajstić information content (AvgIpc) is 2.76. The molecule has 1 aromatic rings. The van der Waals surface area contributed by atoms with Gasteiger partial charge in [-0.25, -0.2) is 4.79 Å². The van der Waals surface area contributed by atoms with Crippen molar-refractivity contribution in [2.75, 3.05) is 44.2 Å². The van der Waals surface area contributed by atoms with Crippen LogP contribution >= 0.6 is 0 Å². The van der Waals surface area contributed by atoms with Gasteiger partial charge in [0.05, 0.1) is 16.1 Å². The molecule has 9 nitrogen and oxygen atoms in total. The summed E-state index contributed by atoms with van der Waals surface area (Å²) in [6.07, 6.45) is -1.26. The number of non-ortho nitro benzene ring substituents is 1. The summed E-state index contributed by atoms with van der Waals surface area (Å²) < 4.78 is 46.0. The summed E-state index contributed by atoms with van der Waals surface area (Å²) in [4.78, 5) is 27.3. The van der Waals surface area contributed by atoms with E-state index in [0.717, 1.165) is 12.1 Å². The number of halogens is 3. The van der Waals surface area contributed by atoms with Gasteiger partial charge in [-0.05, 0) is 52.0 Å². The zero-order chi connectivity index (χ0) is 26.0. The maximum atomic E-state index is 13.5. The van der Waals surface area contributed by atoms with Crippen LogP contribution in [0.4, 0.5) is 29.3 Å². The van der Waals surface area contributed by atoms with E-state index in [2.05, 4.69) is 0 Å². The lowest BCUT2D eigenvalue weighted by molar-refractivity contribution is -0.385. The zero-order valence-corrected chi connectivity index (χ0v) is 20.0. The maximum absolute atomic E-state index is 13.5. The van der Waals surface area contributed by atoms with Crippen molar-refractivity contribution in [2.45, 2.75) is 51.0 Å². The lowest BCUT2D eigenvalue weighted by Gasteiger charge is -2.39. The predicted octanol–water partition coefficient (Wildman–Crippen LogP) is 4.01. The van der Waals surface area contributed by atoms with Crippen molar-refractivity contribution < 1.29 is 32.7 Å². The van der Waals surface area contributed by atoms with Crippen molar-refractivity contribution in [2.24, 2.45) is 0 Å². The van der Waals surface area contributed by atoms with E-state index in [-0.39, 0.29) is 37.7 Å². The molecule has 1 amide bonds. The Labute approximate surface area is 201 Å². The first-order valence-electron chi connectivity index (χ1n) is 11.4. The number of carbonyl (C=O) groups is 1. The minimum Gasteiger partial charge on any atom is -0.444 e. The molecule has 2 heterocycles. The van der Waals surface area contributed by atoms with E-state index in [9.17, 15) is 33.2 Å². The van der Waals surface area contributed by atoms with Crippen molar-refractivity contribution >= 4 is 17.5 Å². The molecule has 0 atom stereocenters. The number of alkyl halides is 3. The number of piperazine rings is 1. The molecular weight excluding hydrogens is 469 g/mol. The number of aliphatic hydroxyl groups is 1. The average molecular weight is 501 g/mol. The molecule has 2 aliphatic heterocycles. The normalized spacial score (nSPS) is 19.2. The zero-order valence-electron chi connectivity index (χ0n) is 20.0. The van der Waals surface area contributed by atoms with E-state index < -0.39 is 33.6 Å². The van der Waals surface area contributed by atoms with Crippen LogP contribution in [-0.4, -0.2) is 76.4 Å². The van der Waals surface area contributed by atoms with Gasteiger partial charge >= 0.3 is 12.3 Å². The number of nitro groups is 1. The Balaban J connectivity index is 1.58. The summed E-state index contributed by atoms with van der Waals surface area (Å²) in [5, 5.41) is 21.9. The molecule has 3 rings (SSSR count). The fourth-order valence-corrected chi connectivity index (χ4v) is 4.07. The van der Waals surface area contributed by atoms with E-state index >= 15 is 0 Å². The van der Waals surface area contributed by atoms with E-state index in [0.29, 0.717) is 32.2 Å². The van der Waals surface area contributed by atoms with Crippen LogP contribution in [0.1, 0.15) is 39.2 Å². The van der Waals surface area contributed by atoms with Gasteiger partial charge in [-0.1, -0.05) is 0 Å². The lowest BCUT2D eigenvalue weighted by atomic mass is 9.90. The third-order valence-electron chi connectivity index (χ3n) is 6.03. The Morgan fingerprint density at radius 3 is 2.23 bits per heavy atom.